The summed E-state index contributed by atoms with van der Waals surface area (Å²) in [5.41, 5.74) is 2.83. The molecule has 1 atom stereocenters. The number of benzene rings is 3. The van der Waals surface area contributed by atoms with E-state index in [1.807, 2.05) is 6.07 Å². The SMILES string of the molecule is COc1cccc(C(=O)Nc2ccc3c(c2)CN(CCc2ccc(F)cc2)C(=O)[C@@H](C)O3)c1. The zero-order chi connectivity index (χ0) is 23.4. The van der Waals surface area contributed by atoms with Crippen LogP contribution in [0.2, 0.25) is 0 Å². The van der Waals surface area contributed by atoms with E-state index < -0.39 is 6.10 Å². The number of hydrogen-bond donors (Lipinski definition) is 1. The van der Waals surface area contributed by atoms with Gasteiger partial charge in [0.2, 0.25) is 0 Å². The van der Waals surface area contributed by atoms with Gasteiger partial charge < -0.3 is 19.7 Å². The number of fused-ring (bicyclic) bond motifs is 1. The van der Waals surface area contributed by atoms with Crippen LogP contribution in [0, 0.1) is 5.82 Å². The van der Waals surface area contributed by atoms with Gasteiger partial charge in [-0.15, -0.1) is 0 Å². The van der Waals surface area contributed by atoms with Crippen molar-refractivity contribution in [2.75, 3.05) is 19.0 Å². The van der Waals surface area contributed by atoms with Crippen LogP contribution in [0.4, 0.5) is 10.1 Å². The molecule has 3 aromatic carbocycles. The molecule has 170 valence electrons. The molecule has 6 nitrogen and oxygen atoms in total. The van der Waals surface area contributed by atoms with Crippen LogP contribution in [-0.4, -0.2) is 36.5 Å². The normalized spacial score (nSPS) is 15.3. The molecule has 33 heavy (non-hydrogen) atoms. The van der Waals surface area contributed by atoms with E-state index in [2.05, 4.69) is 5.32 Å². The number of nitrogens with one attached hydrogen (secondary N) is 1. The molecular weight excluding hydrogens is 423 g/mol. The van der Waals surface area contributed by atoms with Crippen molar-refractivity contribution >= 4 is 17.5 Å². The Morgan fingerprint density at radius 1 is 1.15 bits per heavy atom. The largest absolute Gasteiger partial charge is 0.497 e. The third-order valence-electron chi connectivity index (χ3n) is 5.56. The summed E-state index contributed by atoms with van der Waals surface area (Å²) in [7, 11) is 1.55. The summed E-state index contributed by atoms with van der Waals surface area (Å²) in [4.78, 5) is 27.3. The van der Waals surface area contributed by atoms with Crippen molar-refractivity contribution in [1.29, 1.82) is 0 Å². The van der Waals surface area contributed by atoms with Gasteiger partial charge in [-0.3, -0.25) is 9.59 Å². The van der Waals surface area contributed by atoms with Crippen LogP contribution >= 0.6 is 0 Å². The quantitative estimate of drug-likeness (QED) is 0.606. The van der Waals surface area contributed by atoms with Gasteiger partial charge >= 0.3 is 0 Å². The maximum atomic E-state index is 13.2. The lowest BCUT2D eigenvalue weighted by atomic mass is 10.1. The molecule has 0 unspecified atom stereocenters. The first-order valence-corrected chi connectivity index (χ1v) is 10.7. The minimum Gasteiger partial charge on any atom is -0.497 e. The number of carbonyl (C=O) groups is 2. The van der Waals surface area contributed by atoms with Gasteiger partial charge in [-0.05, 0) is 67.4 Å². The third-order valence-corrected chi connectivity index (χ3v) is 5.56. The first-order valence-electron chi connectivity index (χ1n) is 10.7. The summed E-state index contributed by atoms with van der Waals surface area (Å²) in [6.07, 6.45) is -0.0305. The van der Waals surface area contributed by atoms with Crippen LogP contribution in [-0.2, 0) is 17.8 Å². The summed E-state index contributed by atoms with van der Waals surface area (Å²) in [5, 5.41) is 2.89. The monoisotopic (exact) mass is 448 g/mol. The van der Waals surface area contributed by atoms with Gasteiger partial charge in [-0.1, -0.05) is 18.2 Å². The number of ether oxygens (including phenoxy) is 2. The van der Waals surface area contributed by atoms with E-state index in [4.69, 9.17) is 9.47 Å². The van der Waals surface area contributed by atoms with Gasteiger partial charge in [0.1, 0.15) is 17.3 Å². The van der Waals surface area contributed by atoms with Gasteiger partial charge in [0.05, 0.1) is 7.11 Å². The summed E-state index contributed by atoms with van der Waals surface area (Å²) in [6, 6.07) is 18.5. The van der Waals surface area contributed by atoms with Crippen LogP contribution in [0.5, 0.6) is 11.5 Å². The number of nitrogens with zero attached hydrogens (tertiary/aromatic N) is 1. The highest BCUT2D eigenvalue weighted by Gasteiger charge is 2.28. The average Bonchev–Trinajstić information content (AvgIpc) is 2.94. The number of methoxy groups -OCH3 is 1. The highest BCUT2D eigenvalue weighted by atomic mass is 19.1. The molecule has 1 N–H and O–H groups in total. The molecule has 0 aromatic heterocycles. The average molecular weight is 448 g/mol. The van der Waals surface area contributed by atoms with Crippen molar-refractivity contribution < 1.29 is 23.5 Å². The number of carbonyl (C=O) groups excluding carboxylic acids is 2. The van der Waals surface area contributed by atoms with Crippen molar-refractivity contribution in [3.63, 3.8) is 0 Å². The molecule has 1 aliphatic rings. The maximum absolute atomic E-state index is 13.2. The van der Waals surface area contributed by atoms with Crippen molar-refractivity contribution in [3.8, 4) is 11.5 Å². The van der Waals surface area contributed by atoms with E-state index in [1.165, 1.54) is 12.1 Å². The molecule has 3 aromatic rings. The Bertz CT molecular complexity index is 1160. The molecule has 0 saturated carbocycles. The molecule has 0 spiro atoms. The van der Waals surface area contributed by atoms with Gasteiger partial charge in [-0.25, -0.2) is 4.39 Å². The van der Waals surface area contributed by atoms with Crippen LogP contribution < -0.4 is 14.8 Å². The zero-order valence-electron chi connectivity index (χ0n) is 18.5. The van der Waals surface area contributed by atoms with E-state index in [9.17, 15) is 14.0 Å². The van der Waals surface area contributed by atoms with E-state index in [0.29, 0.717) is 42.3 Å². The minimum absolute atomic E-state index is 0.115. The van der Waals surface area contributed by atoms with E-state index in [-0.39, 0.29) is 17.6 Å². The lowest BCUT2D eigenvalue weighted by Gasteiger charge is -2.22. The van der Waals surface area contributed by atoms with Crippen LogP contribution in [0.3, 0.4) is 0 Å². The number of hydrogen-bond acceptors (Lipinski definition) is 4. The molecular formula is C26H25FN2O4. The zero-order valence-corrected chi connectivity index (χ0v) is 18.5. The lowest BCUT2D eigenvalue weighted by Crippen LogP contribution is -2.39. The smallest absolute Gasteiger partial charge is 0.263 e. The Hall–Kier alpha value is -3.87. The Morgan fingerprint density at radius 3 is 2.70 bits per heavy atom. The Kier molecular flexibility index (Phi) is 6.58. The molecule has 1 aliphatic heterocycles. The Labute approximate surface area is 191 Å². The molecule has 0 bridgehead atoms. The third kappa shape index (κ3) is 5.31. The van der Waals surface area contributed by atoms with Gasteiger partial charge in [0.15, 0.2) is 6.10 Å². The van der Waals surface area contributed by atoms with E-state index >= 15 is 0 Å². The second-order valence-corrected chi connectivity index (χ2v) is 7.90. The fraction of sp³-hybridized carbons (Fsp3) is 0.231. The first-order chi connectivity index (χ1) is 15.9. The minimum atomic E-state index is -0.628. The second-order valence-electron chi connectivity index (χ2n) is 7.90. The molecule has 2 amide bonds. The van der Waals surface area contributed by atoms with E-state index in [1.54, 1.807) is 67.5 Å². The lowest BCUT2D eigenvalue weighted by molar-refractivity contribution is -0.137. The Balaban J connectivity index is 1.50. The predicted octanol–water partition coefficient (Wildman–Crippen LogP) is 4.44. The number of halogens is 1. The number of amides is 2. The van der Waals surface area contributed by atoms with Gasteiger partial charge in [0.25, 0.3) is 11.8 Å². The predicted molar refractivity (Wildman–Crippen MR) is 123 cm³/mol. The maximum Gasteiger partial charge on any atom is 0.263 e. The summed E-state index contributed by atoms with van der Waals surface area (Å²) >= 11 is 0. The van der Waals surface area contributed by atoms with Crippen LogP contribution in [0.1, 0.15) is 28.4 Å². The van der Waals surface area contributed by atoms with Gasteiger partial charge in [-0.2, -0.15) is 0 Å². The van der Waals surface area contributed by atoms with Crippen LogP contribution in [0.25, 0.3) is 0 Å². The molecule has 4 rings (SSSR count). The molecule has 0 saturated heterocycles. The standard InChI is InChI=1S/C26H25FN2O4/c1-17-26(31)29(13-12-18-6-8-21(27)9-7-18)16-20-14-22(10-11-24(20)33-17)28-25(30)19-4-3-5-23(15-19)32-2/h3-11,14-15,17H,12-13,16H2,1-2H3,(H,28,30)/t17-/m1/s1. The van der Waals surface area contributed by atoms with Crippen molar-refractivity contribution in [3.05, 3.63) is 89.2 Å². The van der Waals surface area contributed by atoms with E-state index in [0.717, 1.165) is 11.1 Å². The highest BCUT2D eigenvalue weighted by Crippen LogP contribution is 2.29. The molecule has 0 aliphatic carbocycles. The fourth-order valence-electron chi connectivity index (χ4n) is 3.75. The molecule has 7 heteroatoms. The Morgan fingerprint density at radius 2 is 1.94 bits per heavy atom. The first kappa shape index (κ1) is 22.3. The summed E-state index contributed by atoms with van der Waals surface area (Å²) in [6.45, 7) is 2.54. The van der Waals surface area contributed by atoms with Crippen molar-refractivity contribution in [1.82, 2.24) is 4.90 Å². The van der Waals surface area contributed by atoms with Crippen molar-refractivity contribution in [2.24, 2.45) is 0 Å². The van der Waals surface area contributed by atoms with Gasteiger partial charge in [0, 0.05) is 29.9 Å². The molecule has 0 fully saturated rings. The fourth-order valence-corrected chi connectivity index (χ4v) is 3.75. The second kappa shape index (κ2) is 9.73. The highest BCUT2D eigenvalue weighted by molar-refractivity contribution is 6.04. The molecule has 0 radical (unpaired) electrons. The number of anilines is 1. The topological polar surface area (TPSA) is 67.9 Å². The summed E-state index contributed by atoms with van der Waals surface area (Å²) < 4.78 is 24.2. The van der Waals surface area contributed by atoms with Crippen LogP contribution in [0.15, 0.2) is 66.7 Å². The number of rotatable bonds is 6. The summed E-state index contributed by atoms with van der Waals surface area (Å²) in [5.74, 6) is 0.544. The van der Waals surface area contributed by atoms with Crippen molar-refractivity contribution in [2.45, 2.75) is 26.0 Å². The molecule has 1 heterocycles.